The standard InChI is InChI=1S/C22H21ClN2O5S/c1-3-30-18-10-8-17(9-11-18)25-31(27,28)19-12-13-21(29-2)20(14-19)24-22(26)15-4-6-16(23)7-5-15/h4-14,25H,3H2,1-2H3,(H,24,26). The van der Waals surface area contributed by atoms with Gasteiger partial charge in [-0.05, 0) is 73.7 Å². The Hall–Kier alpha value is -3.23. The summed E-state index contributed by atoms with van der Waals surface area (Å²) < 4.78 is 38.8. The molecule has 0 saturated carbocycles. The Morgan fingerprint density at radius 2 is 1.68 bits per heavy atom. The van der Waals surface area contributed by atoms with Crippen molar-refractivity contribution in [2.45, 2.75) is 11.8 Å². The highest BCUT2D eigenvalue weighted by Crippen LogP contribution is 2.29. The van der Waals surface area contributed by atoms with E-state index in [2.05, 4.69) is 10.0 Å². The lowest BCUT2D eigenvalue weighted by Crippen LogP contribution is -2.15. The summed E-state index contributed by atoms with van der Waals surface area (Å²) in [7, 11) is -2.48. The molecule has 3 rings (SSSR count). The first-order valence-corrected chi connectivity index (χ1v) is 11.2. The van der Waals surface area contributed by atoms with Crippen LogP contribution in [0.3, 0.4) is 0 Å². The number of rotatable bonds is 8. The Morgan fingerprint density at radius 1 is 1.00 bits per heavy atom. The number of ether oxygens (including phenoxy) is 2. The molecule has 3 aromatic rings. The molecule has 162 valence electrons. The maximum absolute atomic E-state index is 12.8. The highest BCUT2D eigenvalue weighted by Gasteiger charge is 2.18. The largest absolute Gasteiger partial charge is 0.495 e. The lowest BCUT2D eigenvalue weighted by Gasteiger charge is -2.14. The summed E-state index contributed by atoms with van der Waals surface area (Å²) in [6, 6.07) is 17.1. The predicted octanol–water partition coefficient (Wildman–Crippen LogP) is 4.80. The molecule has 0 radical (unpaired) electrons. The fraction of sp³-hybridized carbons (Fsp3) is 0.136. The van der Waals surface area contributed by atoms with Gasteiger partial charge in [0.15, 0.2) is 0 Å². The smallest absolute Gasteiger partial charge is 0.261 e. The molecule has 0 heterocycles. The first-order valence-electron chi connectivity index (χ1n) is 9.33. The van der Waals surface area contributed by atoms with Crippen LogP contribution in [0.4, 0.5) is 11.4 Å². The third kappa shape index (κ3) is 5.68. The number of carbonyl (C=O) groups excluding carboxylic acids is 1. The van der Waals surface area contributed by atoms with Gasteiger partial charge in [-0.15, -0.1) is 0 Å². The number of nitrogens with one attached hydrogen (secondary N) is 2. The Kier molecular flexibility index (Phi) is 7.04. The number of amides is 1. The van der Waals surface area contributed by atoms with E-state index in [0.29, 0.717) is 34.4 Å². The van der Waals surface area contributed by atoms with E-state index in [9.17, 15) is 13.2 Å². The fourth-order valence-electron chi connectivity index (χ4n) is 2.75. The van der Waals surface area contributed by atoms with Crippen molar-refractivity contribution in [2.75, 3.05) is 23.8 Å². The van der Waals surface area contributed by atoms with Gasteiger partial charge in [0, 0.05) is 16.3 Å². The third-order valence-electron chi connectivity index (χ3n) is 4.25. The first-order chi connectivity index (χ1) is 14.8. The number of anilines is 2. The van der Waals surface area contributed by atoms with Crippen LogP contribution in [0.5, 0.6) is 11.5 Å². The monoisotopic (exact) mass is 460 g/mol. The molecule has 0 aromatic heterocycles. The molecule has 0 saturated heterocycles. The molecule has 2 N–H and O–H groups in total. The molecule has 0 aliphatic carbocycles. The molecule has 0 fully saturated rings. The van der Waals surface area contributed by atoms with Crippen molar-refractivity contribution in [3.05, 3.63) is 77.3 Å². The zero-order valence-corrected chi connectivity index (χ0v) is 18.5. The molecule has 0 bridgehead atoms. The van der Waals surface area contributed by atoms with Gasteiger partial charge in [0.1, 0.15) is 11.5 Å². The van der Waals surface area contributed by atoms with Crippen molar-refractivity contribution in [1.29, 1.82) is 0 Å². The van der Waals surface area contributed by atoms with Gasteiger partial charge >= 0.3 is 0 Å². The number of methoxy groups -OCH3 is 1. The molecule has 9 heteroatoms. The zero-order valence-electron chi connectivity index (χ0n) is 16.9. The Labute approximate surface area is 186 Å². The quantitative estimate of drug-likeness (QED) is 0.503. The molecule has 0 aliphatic heterocycles. The molecular formula is C22H21ClN2O5S. The van der Waals surface area contributed by atoms with Crippen LogP contribution in [-0.2, 0) is 10.0 Å². The van der Waals surface area contributed by atoms with Crippen LogP contribution in [-0.4, -0.2) is 28.0 Å². The molecule has 3 aromatic carbocycles. The minimum Gasteiger partial charge on any atom is -0.495 e. The van der Waals surface area contributed by atoms with Gasteiger partial charge < -0.3 is 14.8 Å². The Balaban J connectivity index is 1.84. The Bertz CT molecular complexity index is 1160. The summed E-state index contributed by atoms with van der Waals surface area (Å²) >= 11 is 5.85. The second-order valence-corrected chi connectivity index (χ2v) is 8.50. The number of hydrogen-bond donors (Lipinski definition) is 2. The number of hydrogen-bond acceptors (Lipinski definition) is 5. The maximum atomic E-state index is 12.8. The van der Waals surface area contributed by atoms with E-state index in [4.69, 9.17) is 21.1 Å². The minimum atomic E-state index is -3.91. The Morgan fingerprint density at radius 3 is 2.29 bits per heavy atom. The van der Waals surface area contributed by atoms with E-state index in [1.807, 2.05) is 6.92 Å². The fourth-order valence-corrected chi connectivity index (χ4v) is 3.96. The highest BCUT2D eigenvalue weighted by atomic mass is 35.5. The molecule has 0 aliphatic rings. The number of carbonyl (C=O) groups is 1. The van der Waals surface area contributed by atoms with Crippen molar-refractivity contribution in [1.82, 2.24) is 0 Å². The summed E-state index contributed by atoms with van der Waals surface area (Å²) in [5.74, 6) is 0.536. The number of halogens is 1. The van der Waals surface area contributed by atoms with Crippen molar-refractivity contribution in [2.24, 2.45) is 0 Å². The molecule has 0 unspecified atom stereocenters. The molecule has 7 nitrogen and oxygen atoms in total. The summed E-state index contributed by atoms with van der Waals surface area (Å²) in [4.78, 5) is 12.5. The topological polar surface area (TPSA) is 93.7 Å². The number of sulfonamides is 1. The van der Waals surface area contributed by atoms with Gasteiger partial charge in [-0.25, -0.2) is 8.42 Å². The molecule has 0 atom stereocenters. The highest BCUT2D eigenvalue weighted by molar-refractivity contribution is 7.92. The second-order valence-electron chi connectivity index (χ2n) is 6.39. The zero-order chi connectivity index (χ0) is 22.4. The van der Waals surface area contributed by atoms with Crippen LogP contribution in [0.2, 0.25) is 5.02 Å². The van der Waals surface area contributed by atoms with E-state index in [0.717, 1.165) is 0 Å². The van der Waals surface area contributed by atoms with E-state index in [1.54, 1.807) is 48.5 Å². The van der Waals surface area contributed by atoms with E-state index in [-0.39, 0.29) is 10.6 Å². The van der Waals surface area contributed by atoms with Gasteiger partial charge in [0.05, 0.1) is 24.3 Å². The van der Waals surface area contributed by atoms with Crippen molar-refractivity contribution >= 4 is 38.9 Å². The SMILES string of the molecule is CCOc1ccc(NS(=O)(=O)c2ccc(OC)c(NC(=O)c3ccc(Cl)cc3)c2)cc1. The van der Waals surface area contributed by atoms with Crippen molar-refractivity contribution in [3.63, 3.8) is 0 Å². The predicted molar refractivity (Wildman–Crippen MR) is 121 cm³/mol. The van der Waals surface area contributed by atoms with Crippen molar-refractivity contribution in [3.8, 4) is 11.5 Å². The second kappa shape index (κ2) is 9.72. The van der Waals surface area contributed by atoms with Crippen LogP contribution in [0.15, 0.2) is 71.6 Å². The van der Waals surface area contributed by atoms with Crippen LogP contribution >= 0.6 is 11.6 Å². The first kappa shape index (κ1) is 22.5. The summed E-state index contributed by atoms with van der Waals surface area (Å²) in [6.45, 7) is 2.38. The summed E-state index contributed by atoms with van der Waals surface area (Å²) in [6.07, 6.45) is 0. The van der Waals surface area contributed by atoms with E-state index in [1.165, 1.54) is 25.3 Å². The van der Waals surface area contributed by atoms with E-state index >= 15 is 0 Å². The lowest BCUT2D eigenvalue weighted by molar-refractivity contribution is 0.102. The van der Waals surface area contributed by atoms with Gasteiger partial charge in [0.25, 0.3) is 15.9 Å². The summed E-state index contributed by atoms with van der Waals surface area (Å²) in [5, 5.41) is 3.18. The average Bonchev–Trinajstić information content (AvgIpc) is 2.75. The lowest BCUT2D eigenvalue weighted by atomic mass is 10.2. The van der Waals surface area contributed by atoms with E-state index < -0.39 is 15.9 Å². The van der Waals surface area contributed by atoms with Crippen LogP contribution in [0, 0.1) is 0 Å². The molecule has 31 heavy (non-hydrogen) atoms. The van der Waals surface area contributed by atoms with Crippen LogP contribution < -0.4 is 19.5 Å². The molecule has 0 spiro atoms. The van der Waals surface area contributed by atoms with Gasteiger partial charge in [-0.3, -0.25) is 9.52 Å². The maximum Gasteiger partial charge on any atom is 0.261 e. The van der Waals surface area contributed by atoms with Crippen molar-refractivity contribution < 1.29 is 22.7 Å². The van der Waals surface area contributed by atoms with Gasteiger partial charge in [-0.1, -0.05) is 11.6 Å². The normalized spacial score (nSPS) is 10.9. The summed E-state index contributed by atoms with van der Waals surface area (Å²) in [5.41, 5.74) is 0.968. The van der Waals surface area contributed by atoms with Gasteiger partial charge in [0.2, 0.25) is 0 Å². The number of benzene rings is 3. The minimum absolute atomic E-state index is 0.0337. The van der Waals surface area contributed by atoms with Crippen LogP contribution in [0.25, 0.3) is 0 Å². The molecule has 1 amide bonds. The molecular weight excluding hydrogens is 440 g/mol. The van der Waals surface area contributed by atoms with Crippen LogP contribution in [0.1, 0.15) is 17.3 Å². The van der Waals surface area contributed by atoms with Gasteiger partial charge in [-0.2, -0.15) is 0 Å². The third-order valence-corrected chi connectivity index (χ3v) is 5.88. The average molecular weight is 461 g/mol.